The molecule has 2 rings (SSSR count). The summed E-state index contributed by atoms with van der Waals surface area (Å²) in [6.45, 7) is 2.65. The van der Waals surface area contributed by atoms with Crippen LogP contribution in [0, 0.1) is 0 Å². The highest BCUT2D eigenvalue weighted by atomic mass is 16.5. The lowest BCUT2D eigenvalue weighted by molar-refractivity contribution is 0.0879. The molecule has 0 aromatic heterocycles. The van der Waals surface area contributed by atoms with Gasteiger partial charge in [-0.3, -0.25) is 14.9 Å². The molecule has 1 aliphatic rings. The number of carbonyl (C=O) groups excluding carboxylic acids is 2. The van der Waals surface area contributed by atoms with Crippen LogP contribution in [-0.2, 0) is 4.74 Å². The van der Waals surface area contributed by atoms with Gasteiger partial charge in [0.1, 0.15) is 0 Å². The summed E-state index contributed by atoms with van der Waals surface area (Å²) >= 11 is 0. The highest BCUT2D eigenvalue weighted by molar-refractivity contribution is 6.21. The van der Waals surface area contributed by atoms with E-state index in [1.54, 1.807) is 25.3 Å². The van der Waals surface area contributed by atoms with E-state index >= 15 is 0 Å². The van der Waals surface area contributed by atoms with Crippen LogP contribution in [0.3, 0.4) is 0 Å². The lowest BCUT2D eigenvalue weighted by Crippen LogP contribution is -2.24. The van der Waals surface area contributed by atoms with Crippen molar-refractivity contribution >= 4 is 17.5 Å². The van der Waals surface area contributed by atoms with Gasteiger partial charge in [-0.2, -0.15) is 0 Å². The van der Waals surface area contributed by atoms with Crippen LogP contribution in [0.5, 0.6) is 0 Å². The average Bonchev–Trinajstić information content (AvgIpc) is 2.64. The zero-order chi connectivity index (χ0) is 13.1. The minimum absolute atomic E-state index is 0.188. The number of benzene rings is 1. The molecule has 1 heterocycles. The molecule has 5 nitrogen and oxygen atoms in total. The van der Waals surface area contributed by atoms with Crippen LogP contribution < -0.4 is 10.6 Å². The molecule has 0 spiro atoms. The fraction of sp³-hybridized carbons (Fsp3) is 0.385. The number of anilines is 1. The van der Waals surface area contributed by atoms with Gasteiger partial charge in [0, 0.05) is 18.8 Å². The molecule has 0 radical (unpaired) electrons. The SMILES string of the molecule is CCC(COC)Nc1ccc2c(c1)C(=O)NC2=O. The Bertz CT molecular complexity index is 485. The Morgan fingerprint density at radius 1 is 1.28 bits per heavy atom. The first kappa shape index (κ1) is 12.6. The van der Waals surface area contributed by atoms with Crippen molar-refractivity contribution in [3.63, 3.8) is 0 Å². The maximum Gasteiger partial charge on any atom is 0.259 e. The zero-order valence-electron chi connectivity index (χ0n) is 10.4. The van der Waals surface area contributed by atoms with E-state index in [4.69, 9.17) is 4.74 Å². The van der Waals surface area contributed by atoms with Gasteiger partial charge < -0.3 is 10.1 Å². The van der Waals surface area contributed by atoms with Crippen molar-refractivity contribution in [1.29, 1.82) is 0 Å². The number of hydrogen-bond donors (Lipinski definition) is 2. The second-order valence-corrected chi connectivity index (χ2v) is 4.25. The summed E-state index contributed by atoms with van der Waals surface area (Å²) in [6.07, 6.45) is 0.913. The molecule has 5 heteroatoms. The standard InChI is InChI=1S/C13H16N2O3/c1-3-8(7-18-2)14-9-4-5-10-11(6-9)13(17)15-12(10)16/h4-6,8,14H,3,7H2,1-2H3,(H,15,16,17). The molecule has 2 N–H and O–H groups in total. The molecule has 0 fully saturated rings. The molecule has 0 aliphatic carbocycles. The van der Waals surface area contributed by atoms with Crippen LogP contribution >= 0.6 is 0 Å². The van der Waals surface area contributed by atoms with Crippen LogP contribution in [0.2, 0.25) is 0 Å². The molecule has 1 atom stereocenters. The van der Waals surface area contributed by atoms with Crippen molar-refractivity contribution in [3.05, 3.63) is 29.3 Å². The second-order valence-electron chi connectivity index (χ2n) is 4.25. The van der Waals surface area contributed by atoms with Crippen LogP contribution in [0.15, 0.2) is 18.2 Å². The molecular weight excluding hydrogens is 232 g/mol. The van der Waals surface area contributed by atoms with Gasteiger partial charge in [0.25, 0.3) is 11.8 Å². The third-order valence-corrected chi connectivity index (χ3v) is 2.97. The van der Waals surface area contributed by atoms with E-state index in [0.29, 0.717) is 17.7 Å². The number of amides is 2. The summed E-state index contributed by atoms with van der Waals surface area (Å²) in [4.78, 5) is 22.9. The number of ether oxygens (including phenoxy) is 1. The van der Waals surface area contributed by atoms with Crippen molar-refractivity contribution in [2.75, 3.05) is 19.0 Å². The van der Waals surface area contributed by atoms with Crippen molar-refractivity contribution in [2.24, 2.45) is 0 Å². The fourth-order valence-electron chi connectivity index (χ4n) is 1.96. The number of fused-ring (bicyclic) bond motifs is 1. The first-order chi connectivity index (χ1) is 8.65. The molecule has 1 aromatic carbocycles. The van der Waals surface area contributed by atoms with E-state index in [9.17, 15) is 9.59 Å². The number of methoxy groups -OCH3 is 1. The van der Waals surface area contributed by atoms with Gasteiger partial charge >= 0.3 is 0 Å². The number of rotatable bonds is 5. The number of carbonyl (C=O) groups is 2. The summed E-state index contributed by atoms with van der Waals surface area (Å²) < 4.78 is 5.10. The molecule has 1 aromatic rings. The van der Waals surface area contributed by atoms with Crippen molar-refractivity contribution < 1.29 is 14.3 Å². The molecule has 0 saturated carbocycles. The molecular formula is C13H16N2O3. The van der Waals surface area contributed by atoms with Crippen LogP contribution in [0.25, 0.3) is 0 Å². The van der Waals surface area contributed by atoms with E-state index in [-0.39, 0.29) is 17.9 Å². The minimum atomic E-state index is -0.335. The Balaban J connectivity index is 2.19. The Morgan fingerprint density at radius 2 is 2.00 bits per heavy atom. The Kier molecular flexibility index (Phi) is 3.62. The summed E-state index contributed by atoms with van der Waals surface area (Å²) in [5.41, 5.74) is 1.69. The van der Waals surface area contributed by atoms with Gasteiger partial charge in [-0.25, -0.2) is 0 Å². The largest absolute Gasteiger partial charge is 0.383 e. The number of imide groups is 1. The van der Waals surface area contributed by atoms with Crippen LogP contribution in [0.1, 0.15) is 34.1 Å². The van der Waals surface area contributed by atoms with Gasteiger partial charge in [0.15, 0.2) is 0 Å². The van der Waals surface area contributed by atoms with Crippen molar-refractivity contribution in [1.82, 2.24) is 5.32 Å². The highest BCUT2D eigenvalue weighted by Gasteiger charge is 2.26. The monoisotopic (exact) mass is 248 g/mol. The van der Waals surface area contributed by atoms with Gasteiger partial charge in [-0.05, 0) is 24.6 Å². The lowest BCUT2D eigenvalue weighted by atomic mass is 10.1. The van der Waals surface area contributed by atoms with Gasteiger partial charge in [0.05, 0.1) is 17.7 Å². The lowest BCUT2D eigenvalue weighted by Gasteiger charge is -2.17. The normalized spacial score (nSPS) is 15.2. The third-order valence-electron chi connectivity index (χ3n) is 2.97. The average molecular weight is 248 g/mol. The number of hydrogen-bond acceptors (Lipinski definition) is 4. The predicted octanol–water partition coefficient (Wildman–Crippen LogP) is 1.41. The van der Waals surface area contributed by atoms with Crippen LogP contribution in [0.4, 0.5) is 5.69 Å². The minimum Gasteiger partial charge on any atom is -0.383 e. The fourth-order valence-corrected chi connectivity index (χ4v) is 1.96. The van der Waals surface area contributed by atoms with E-state index in [2.05, 4.69) is 17.6 Å². The molecule has 0 saturated heterocycles. The van der Waals surface area contributed by atoms with E-state index in [1.807, 2.05) is 0 Å². The quantitative estimate of drug-likeness (QED) is 0.773. The molecule has 1 aliphatic heterocycles. The van der Waals surface area contributed by atoms with Gasteiger partial charge in [0.2, 0.25) is 0 Å². The highest BCUT2D eigenvalue weighted by Crippen LogP contribution is 2.21. The number of nitrogens with one attached hydrogen (secondary N) is 2. The second kappa shape index (κ2) is 5.18. The van der Waals surface area contributed by atoms with Crippen molar-refractivity contribution in [3.8, 4) is 0 Å². The maximum atomic E-state index is 11.5. The first-order valence-electron chi connectivity index (χ1n) is 5.91. The molecule has 2 amide bonds. The third kappa shape index (κ3) is 2.36. The van der Waals surface area contributed by atoms with E-state index in [0.717, 1.165) is 12.1 Å². The maximum absolute atomic E-state index is 11.5. The first-order valence-corrected chi connectivity index (χ1v) is 5.91. The van der Waals surface area contributed by atoms with E-state index < -0.39 is 0 Å². The topological polar surface area (TPSA) is 67.4 Å². The zero-order valence-corrected chi connectivity index (χ0v) is 10.4. The summed E-state index contributed by atoms with van der Waals surface area (Å²) in [7, 11) is 1.65. The smallest absolute Gasteiger partial charge is 0.259 e. The predicted molar refractivity (Wildman–Crippen MR) is 67.8 cm³/mol. The molecule has 1 unspecified atom stereocenters. The van der Waals surface area contributed by atoms with Crippen LogP contribution in [-0.4, -0.2) is 31.6 Å². The Morgan fingerprint density at radius 3 is 2.67 bits per heavy atom. The van der Waals surface area contributed by atoms with Crippen molar-refractivity contribution in [2.45, 2.75) is 19.4 Å². The Labute approximate surface area is 106 Å². The van der Waals surface area contributed by atoms with Gasteiger partial charge in [-0.1, -0.05) is 6.92 Å². The molecule has 96 valence electrons. The summed E-state index contributed by atoms with van der Waals surface area (Å²) in [5.74, 6) is -0.663. The Hall–Kier alpha value is -1.88. The molecule has 0 bridgehead atoms. The van der Waals surface area contributed by atoms with Gasteiger partial charge in [-0.15, -0.1) is 0 Å². The molecule has 18 heavy (non-hydrogen) atoms. The summed E-state index contributed by atoms with van der Waals surface area (Å²) in [5, 5.41) is 5.55. The van der Waals surface area contributed by atoms with E-state index in [1.165, 1.54) is 0 Å². The summed E-state index contributed by atoms with van der Waals surface area (Å²) in [6, 6.07) is 5.36.